The number of ether oxygens (including phenoxy) is 1. The van der Waals surface area contributed by atoms with Crippen LogP contribution in [0.2, 0.25) is 0 Å². The molecule has 2 fully saturated rings. The van der Waals surface area contributed by atoms with Crippen LogP contribution in [0.1, 0.15) is 33.6 Å². The number of hydrogen-bond donors (Lipinski definition) is 1. The molecule has 2 aliphatic rings. The van der Waals surface area contributed by atoms with Crippen LogP contribution in [0.15, 0.2) is 0 Å². The third kappa shape index (κ3) is 5.04. The van der Waals surface area contributed by atoms with Crippen molar-refractivity contribution in [1.29, 1.82) is 0 Å². The van der Waals surface area contributed by atoms with Crippen LogP contribution in [0.3, 0.4) is 0 Å². The number of carbonyl (C=O) groups excluding carboxylic acids is 1. The maximum Gasteiger partial charge on any atom is 0.251 e. The largest absolute Gasteiger partial charge is 0.389 e. The first-order valence-electron chi connectivity index (χ1n) is 7.70. The Balaban J connectivity index is 1.70. The Hall–Kier alpha value is -0.650. The number of piperazine rings is 1. The van der Waals surface area contributed by atoms with E-state index in [1.54, 1.807) is 0 Å². The van der Waals surface area contributed by atoms with Gasteiger partial charge in [-0.2, -0.15) is 0 Å². The highest BCUT2D eigenvalue weighted by Gasteiger charge is 2.29. The molecule has 116 valence electrons. The molecule has 5 nitrogen and oxygen atoms in total. The summed E-state index contributed by atoms with van der Waals surface area (Å²) in [6.45, 7) is 9.98. The lowest BCUT2D eigenvalue weighted by molar-refractivity contribution is -0.145. The van der Waals surface area contributed by atoms with Crippen LogP contribution in [0, 0.1) is 5.92 Å². The fraction of sp³-hybridized carbons (Fsp3) is 0.933. The summed E-state index contributed by atoms with van der Waals surface area (Å²) < 4.78 is 5.64. The average Bonchev–Trinajstić information content (AvgIpc) is 3.18. The van der Waals surface area contributed by atoms with Crippen LogP contribution in [-0.4, -0.2) is 71.8 Å². The Morgan fingerprint density at radius 1 is 1.30 bits per heavy atom. The van der Waals surface area contributed by atoms with E-state index in [1.165, 1.54) is 12.8 Å². The molecule has 1 heterocycles. The molecule has 1 atom stereocenters. The van der Waals surface area contributed by atoms with E-state index in [9.17, 15) is 9.90 Å². The third-order valence-corrected chi connectivity index (χ3v) is 3.92. The van der Waals surface area contributed by atoms with Crippen LogP contribution >= 0.6 is 0 Å². The number of rotatable bonds is 6. The molecule has 1 N–H and O–H groups in total. The van der Waals surface area contributed by atoms with Crippen LogP contribution in [0.4, 0.5) is 0 Å². The van der Waals surface area contributed by atoms with Crippen molar-refractivity contribution in [3.8, 4) is 0 Å². The van der Waals surface area contributed by atoms with Gasteiger partial charge in [0.2, 0.25) is 0 Å². The fourth-order valence-electron chi connectivity index (χ4n) is 2.57. The Kier molecular flexibility index (Phi) is 5.04. The second kappa shape index (κ2) is 6.41. The maximum absolute atomic E-state index is 12.3. The number of β-amino-alcohol motifs (C(OH)–C–C–N with tert-alkyl or cyclic N) is 1. The molecule has 1 unspecified atom stereocenters. The highest BCUT2D eigenvalue weighted by atomic mass is 16.5. The number of aliphatic hydroxyl groups is 1. The van der Waals surface area contributed by atoms with Crippen molar-refractivity contribution >= 4 is 5.91 Å². The lowest BCUT2D eigenvalue weighted by atomic mass is 10.1. The predicted molar refractivity (Wildman–Crippen MR) is 77.5 cm³/mol. The second-order valence-electron chi connectivity index (χ2n) is 6.83. The van der Waals surface area contributed by atoms with E-state index < -0.39 is 5.60 Å². The van der Waals surface area contributed by atoms with Crippen LogP contribution in [0.5, 0.6) is 0 Å². The molecular weight excluding hydrogens is 256 g/mol. The first-order valence-corrected chi connectivity index (χ1v) is 7.70. The van der Waals surface area contributed by atoms with Gasteiger partial charge in [0.1, 0.15) is 6.10 Å². The van der Waals surface area contributed by atoms with E-state index in [0.717, 1.165) is 32.8 Å². The first kappa shape index (κ1) is 15.7. The highest BCUT2D eigenvalue weighted by Crippen LogP contribution is 2.29. The molecule has 1 amide bonds. The van der Waals surface area contributed by atoms with Gasteiger partial charge in [0, 0.05) is 32.7 Å². The van der Waals surface area contributed by atoms with Crippen molar-refractivity contribution in [2.45, 2.75) is 45.3 Å². The van der Waals surface area contributed by atoms with Crippen LogP contribution in [-0.2, 0) is 9.53 Å². The van der Waals surface area contributed by atoms with Gasteiger partial charge in [-0.15, -0.1) is 0 Å². The smallest absolute Gasteiger partial charge is 0.251 e. The van der Waals surface area contributed by atoms with Crippen LogP contribution in [0.25, 0.3) is 0 Å². The summed E-state index contributed by atoms with van der Waals surface area (Å²) >= 11 is 0. The summed E-state index contributed by atoms with van der Waals surface area (Å²) in [6, 6.07) is 0. The Bertz CT molecular complexity index is 329. The molecule has 0 aromatic rings. The molecule has 0 radical (unpaired) electrons. The van der Waals surface area contributed by atoms with Gasteiger partial charge in [-0.05, 0) is 39.5 Å². The van der Waals surface area contributed by atoms with Gasteiger partial charge in [-0.3, -0.25) is 9.69 Å². The quantitative estimate of drug-likeness (QED) is 0.781. The summed E-state index contributed by atoms with van der Waals surface area (Å²) in [6.07, 6.45) is 2.17. The summed E-state index contributed by atoms with van der Waals surface area (Å²) in [5, 5.41) is 9.82. The predicted octanol–water partition coefficient (Wildman–Crippen LogP) is 0.717. The topological polar surface area (TPSA) is 53.0 Å². The number of amides is 1. The van der Waals surface area contributed by atoms with E-state index >= 15 is 0 Å². The summed E-state index contributed by atoms with van der Waals surface area (Å²) in [7, 11) is 0. The van der Waals surface area contributed by atoms with Gasteiger partial charge in [-0.25, -0.2) is 0 Å². The van der Waals surface area contributed by atoms with Crippen LogP contribution < -0.4 is 0 Å². The van der Waals surface area contributed by atoms with Crippen molar-refractivity contribution in [2.75, 3.05) is 39.3 Å². The van der Waals surface area contributed by atoms with Crippen molar-refractivity contribution < 1.29 is 14.6 Å². The van der Waals surface area contributed by atoms with Gasteiger partial charge in [0.05, 0.1) is 12.2 Å². The normalized spacial score (nSPS) is 22.9. The second-order valence-corrected chi connectivity index (χ2v) is 6.83. The van der Waals surface area contributed by atoms with Crippen molar-refractivity contribution in [3.63, 3.8) is 0 Å². The minimum absolute atomic E-state index is 0.105. The molecule has 0 aromatic carbocycles. The summed E-state index contributed by atoms with van der Waals surface area (Å²) in [5.74, 6) is 0.794. The van der Waals surface area contributed by atoms with E-state index in [4.69, 9.17) is 4.74 Å². The SMILES string of the molecule is CC(OCC1CC1)C(=O)N1CCN(CC(C)(C)O)CC1. The molecule has 1 saturated heterocycles. The van der Waals surface area contributed by atoms with Gasteiger partial charge in [0.15, 0.2) is 0 Å². The molecule has 2 rings (SSSR count). The number of nitrogens with zero attached hydrogens (tertiary/aromatic N) is 2. The molecule has 0 bridgehead atoms. The zero-order chi connectivity index (χ0) is 14.8. The molecule has 1 saturated carbocycles. The summed E-state index contributed by atoms with van der Waals surface area (Å²) in [4.78, 5) is 16.4. The Morgan fingerprint density at radius 2 is 1.90 bits per heavy atom. The van der Waals surface area contributed by atoms with Gasteiger partial charge < -0.3 is 14.7 Å². The average molecular weight is 284 g/mol. The molecule has 0 spiro atoms. The van der Waals surface area contributed by atoms with Crippen molar-refractivity contribution in [2.24, 2.45) is 5.92 Å². The minimum Gasteiger partial charge on any atom is -0.389 e. The lowest BCUT2D eigenvalue weighted by Gasteiger charge is -2.38. The maximum atomic E-state index is 12.3. The van der Waals surface area contributed by atoms with Crippen molar-refractivity contribution in [1.82, 2.24) is 9.80 Å². The van der Waals surface area contributed by atoms with E-state index in [-0.39, 0.29) is 12.0 Å². The molecule has 1 aliphatic carbocycles. The first-order chi connectivity index (χ1) is 9.35. The molecule has 1 aliphatic heterocycles. The van der Waals surface area contributed by atoms with E-state index in [2.05, 4.69) is 4.90 Å². The monoisotopic (exact) mass is 284 g/mol. The minimum atomic E-state index is -0.674. The van der Waals surface area contributed by atoms with Gasteiger partial charge >= 0.3 is 0 Å². The fourth-order valence-corrected chi connectivity index (χ4v) is 2.57. The lowest BCUT2D eigenvalue weighted by Crippen LogP contribution is -2.53. The number of carbonyl (C=O) groups is 1. The highest BCUT2D eigenvalue weighted by molar-refractivity contribution is 5.80. The Morgan fingerprint density at radius 3 is 2.40 bits per heavy atom. The number of hydrogen-bond acceptors (Lipinski definition) is 4. The zero-order valence-corrected chi connectivity index (χ0v) is 13.0. The van der Waals surface area contributed by atoms with Gasteiger partial charge in [-0.1, -0.05) is 0 Å². The molecule has 0 aromatic heterocycles. The molecular formula is C15H28N2O3. The third-order valence-electron chi connectivity index (χ3n) is 3.92. The van der Waals surface area contributed by atoms with Gasteiger partial charge in [0.25, 0.3) is 5.91 Å². The van der Waals surface area contributed by atoms with E-state index in [0.29, 0.717) is 12.5 Å². The van der Waals surface area contributed by atoms with Crippen molar-refractivity contribution in [3.05, 3.63) is 0 Å². The molecule has 5 heteroatoms. The standard InChI is InChI=1S/C15H28N2O3/c1-12(20-10-13-4-5-13)14(18)17-8-6-16(7-9-17)11-15(2,3)19/h12-13,19H,4-11H2,1-3H3. The van der Waals surface area contributed by atoms with E-state index in [1.807, 2.05) is 25.7 Å². The Labute approximate surface area is 121 Å². The zero-order valence-electron chi connectivity index (χ0n) is 13.0. The molecule has 20 heavy (non-hydrogen) atoms. The summed E-state index contributed by atoms with van der Waals surface area (Å²) in [5.41, 5.74) is -0.674.